The van der Waals surface area contributed by atoms with Gasteiger partial charge in [-0.1, -0.05) is 12.1 Å². The molecule has 1 aliphatic heterocycles. The summed E-state index contributed by atoms with van der Waals surface area (Å²) in [6, 6.07) is 7.68. The Morgan fingerprint density at radius 2 is 2.04 bits per heavy atom. The molecule has 1 fully saturated rings. The second-order valence-corrected chi connectivity index (χ2v) is 6.63. The van der Waals surface area contributed by atoms with Crippen molar-refractivity contribution in [2.24, 2.45) is 7.05 Å². The summed E-state index contributed by atoms with van der Waals surface area (Å²) >= 11 is 0. The molecule has 0 amide bonds. The minimum atomic E-state index is 0.0163. The third-order valence-corrected chi connectivity index (χ3v) is 4.88. The van der Waals surface area contributed by atoms with Gasteiger partial charge in [0.1, 0.15) is 5.82 Å². The van der Waals surface area contributed by atoms with Gasteiger partial charge in [0.25, 0.3) is 5.56 Å². The molecule has 3 heterocycles. The molecule has 2 aromatic heterocycles. The lowest BCUT2D eigenvalue weighted by Gasteiger charge is -2.25. The molecule has 128 valence electrons. The highest BCUT2D eigenvalue weighted by Gasteiger charge is 2.30. The largest absolute Gasteiger partial charge is 0.298 e. The average Bonchev–Trinajstić information content (AvgIpc) is 3.08. The number of aromatic nitrogens is 4. The number of hydrogen-bond acceptors (Lipinski definition) is 5. The zero-order valence-corrected chi connectivity index (χ0v) is 14.5. The van der Waals surface area contributed by atoms with Crippen LogP contribution in [0.25, 0.3) is 10.9 Å². The summed E-state index contributed by atoms with van der Waals surface area (Å²) < 4.78 is 1.70. The highest BCUT2D eigenvalue weighted by molar-refractivity contribution is 5.77. The molecule has 0 N–H and O–H groups in total. The van der Waals surface area contributed by atoms with Gasteiger partial charge in [-0.2, -0.15) is 0 Å². The fourth-order valence-electron chi connectivity index (χ4n) is 3.55. The van der Waals surface area contributed by atoms with E-state index in [9.17, 15) is 4.79 Å². The average molecular weight is 335 g/mol. The molecule has 0 aliphatic carbocycles. The van der Waals surface area contributed by atoms with Crippen LogP contribution in [0.4, 0.5) is 0 Å². The quantitative estimate of drug-likeness (QED) is 0.735. The van der Waals surface area contributed by atoms with Gasteiger partial charge in [0.05, 0.1) is 28.3 Å². The molecule has 3 aromatic rings. The number of aryl methyl sites for hydroxylation is 1. The summed E-state index contributed by atoms with van der Waals surface area (Å²) in [7, 11) is 1.82. The highest BCUT2D eigenvalue weighted by Crippen LogP contribution is 2.31. The number of hydrogen-bond donors (Lipinski definition) is 0. The minimum Gasteiger partial charge on any atom is -0.298 e. The zero-order valence-electron chi connectivity index (χ0n) is 14.5. The third-order valence-electron chi connectivity index (χ3n) is 4.88. The lowest BCUT2D eigenvalue weighted by Crippen LogP contribution is -2.30. The Balaban J connectivity index is 1.70. The van der Waals surface area contributed by atoms with Crippen LogP contribution in [0.15, 0.2) is 41.5 Å². The maximum Gasteiger partial charge on any atom is 0.261 e. The molecule has 1 unspecified atom stereocenters. The number of likely N-dealkylation sites (tertiary alicyclic amines) is 1. The fraction of sp³-hybridized carbons (Fsp3) is 0.368. The van der Waals surface area contributed by atoms with Gasteiger partial charge in [0.15, 0.2) is 0 Å². The van der Waals surface area contributed by atoms with Crippen molar-refractivity contribution in [3.8, 4) is 0 Å². The molecule has 1 aromatic carbocycles. The maximum absolute atomic E-state index is 12.7. The van der Waals surface area contributed by atoms with Crippen molar-refractivity contribution >= 4 is 10.9 Å². The standard InChI is InChI=1S/C19H21N5O/c1-13-10-21-14(11-20-13)12-24-9-5-8-17(24)18-22-16-7-4-3-6-15(16)19(25)23(18)2/h3-4,6-7,10-11,17H,5,8-9,12H2,1-2H3. The zero-order chi connectivity index (χ0) is 17.4. The van der Waals surface area contributed by atoms with Crippen molar-refractivity contribution < 1.29 is 0 Å². The molecule has 0 spiro atoms. The van der Waals surface area contributed by atoms with Gasteiger partial charge in [0.2, 0.25) is 0 Å². The summed E-state index contributed by atoms with van der Waals surface area (Å²) in [5.41, 5.74) is 2.65. The monoisotopic (exact) mass is 335 g/mol. The minimum absolute atomic E-state index is 0.0163. The summed E-state index contributed by atoms with van der Waals surface area (Å²) in [6.45, 7) is 3.63. The van der Waals surface area contributed by atoms with E-state index in [1.54, 1.807) is 10.8 Å². The summed E-state index contributed by atoms with van der Waals surface area (Å²) in [5.74, 6) is 0.835. The first-order valence-corrected chi connectivity index (χ1v) is 8.61. The van der Waals surface area contributed by atoms with Gasteiger partial charge < -0.3 is 0 Å². The van der Waals surface area contributed by atoms with E-state index in [4.69, 9.17) is 4.98 Å². The molecule has 1 saturated heterocycles. The molecule has 1 aliphatic rings. The van der Waals surface area contributed by atoms with E-state index >= 15 is 0 Å². The number of nitrogens with zero attached hydrogens (tertiary/aromatic N) is 5. The van der Waals surface area contributed by atoms with Gasteiger partial charge in [0, 0.05) is 26.0 Å². The van der Waals surface area contributed by atoms with Crippen molar-refractivity contribution in [3.05, 3.63) is 64.2 Å². The van der Waals surface area contributed by atoms with Crippen LogP contribution in [0.2, 0.25) is 0 Å². The molecule has 0 radical (unpaired) electrons. The first-order valence-electron chi connectivity index (χ1n) is 8.61. The van der Waals surface area contributed by atoms with Crippen LogP contribution in [0.3, 0.4) is 0 Å². The van der Waals surface area contributed by atoms with E-state index in [1.165, 1.54) is 0 Å². The lowest BCUT2D eigenvalue weighted by atomic mass is 10.1. The van der Waals surface area contributed by atoms with Crippen LogP contribution >= 0.6 is 0 Å². The topological polar surface area (TPSA) is 63.9 Å². The Bertz CT molecular complexity index is 964. The van der Waals surface area contributed by atoms with Crippen LogP contribution in [0, 0.1) is 6.92 Å². The van der Waals surface area contributed by atoms with Crippen LogP contribution in [0.1, 0.15) is 36.1 Å². The van der Waals surface area contributed by atoms with Crippen molar-refractivity contribution in [1.29, 1.82) is 0 Å². The van der Waals surface area contributed by atoms with Crippen molar-refractivity contribution in [3.63, 3.8) is 0 Å². The van der Waals surface area contributed by atoms with E-state index in [0.717, 1.165) is 48.7 Å². The molecule has 6 nitrogen and oxygen atoms in total. The second-order valence-electron chi connectivity index (χ2n) is 6.63. The molecule has 0 bridgehead atoms. The Labute approximate surface area is 146 Å². The Morgan fingerprint density at radius 1 is 1.20 bits per heavy atom. The fourth-order valence-corrected chi connectivity index (χ4v) is 3.55. The highest BCUT2D eigenvalue weighted by atomic mass is 16.1. The SMILES string of the molecule is Cc1cnc(CN2CCCC2c2nc3ccccc3c(=O)n2C)cn1. The molecule has 0 saturated carbocycles. The summed E-state index contributed by atoms with van der Waals surface area (Å²) in [6.07, 6.45) is 5.71. The van der Waals surface area contributed by atoms with E-state index in [-0.39, 0.29) is 11.6 Å². The van der Waals surface area contributed by atoms with Gasteiger partial charge in [-0.05, 0) is 38.4 Å². The van der Waals surface area contributed by atoms with Crippen LogP contribution in [-0.2, 0) is 13.6 Å². The molecular weight excluding hydrogens is 314 g/mol. The predicted molar refractivity (Wildman–Crippen MR) is 96.1 cm³/mol. The molecule has 6 heteroatoms. The molecule has 4 rings (SSSR count). The third kappa shape index (κ3) is 2.93. The molecule has 1 atom stereocenters. The Morgan fingerprint density at radius 3 is 2.84 bits per heavy atom. The van der Waals surface area contributed by atoms with Gasteiger partial charge in [-0.3, -0.25) is 24.2 Å². The van der Waals surface area contributed by atoms with E-state index in [2.05, 4.69) is 14.9 Å². The number of fused-ring (bicyclic) bond motifs is 1. The van der Waals surface area contributed by atoms with Crippen LogP contribution in [0.5, 0.6) is 0 Å². The second kappa shape index (κ2) is 6.37. The number of benzene rings is 1. The van der Waals surface area contributed by atoms with Crippen molar-refractivity contribution in [2.45, 2.75) is 32.4 Å². The summed E-state index contributed by atoms with van der Waals surface area (Å²) in [4.78, 5) is 28.6. The van der Waals surface area contributed by atoms with Gasteiger partial charge >= 0.3 is 0 Å². The van der Waals surface area contributed by atoms with Crippen molar-refractivity contribution in [2.75, 3.05) is 6.54 Å². The van der Waals surface area contributed by atoms with Crippen LogP contribution < -0.4 is 5.56 Å². The van der Waals surface area contributed by atoms with Gasteiger partial charge in [-0.25, -0.2) is 4.98 Å². The maximum atomic E-state index is 12.7. The molecule has 25 heavy (non-hydrogen) atoms. The molecular formula is C19H21N5O. The van der Waals surface area contributed by atoms with E-state index in [1.807, 2.05) is 44.4 Å². The van der Waals surface area contributed by atoms with Crippen LogP contribution in [-0.4, -0.2) is 31.0 Å². The lowest BCUT2D eigenvalue weighted by molar-refractivity contribution is 0.232. The van der Waals surface area contributed by atoms with E-state index < -0.39 is 0 Å². The summed E-state index contributed by atoms with van der Waals surface area (Å²) in [5, 5.41) is 0.669. The Kier molecular flexibility index (Phi) is 4.05. The predicted octanol–water partition coefficient (Wildman–Crippen LogP) is 2.37. The van der Waals surface area contributed by atoms with Gasteiger partial charge in [-0.15, -0.1) is 0 Å². The normalized spacial score (nSPS) is 18.1. The van der Waals surface area contributed by atoms with E-state index in [0.29, 0.717) is 5.39 Å². The smallest absolute Gasteiger partial charge is 0.261 e. The Hall–Kier alpha value is -2.60. The number of para-hydroxylation sites is 1. The number of rotatable bonds is 3. The first kappa shape index (κ1) is 15.9. The first-order chi connectivity index (χ1) is 12.1. The van der Waals surface area contributed by atoms with Crippen molar-refractivity contribution in [1.82, 2.24) is 24.4 Å².